The van der Waals surface area contributed by atoms with Crippen LogP contribution in [0, 0.1) is 0 Å². The molecule has 228 valence electrons. The van der Waals surface area contributed by atoms with E-state index < -0.39 is 0 Å². The molecule has 10 aromatic rings. The normalized spacial score (nSPS) is 11.7. The SMILES string of the molecule is c1ccc(-c2nc(-c3cccc(-c4ccc5c(ccc6ccc7ccccc7c65)c4)c3)nc(-c3cccc4oc5ccccc5c34)n2)cc1. The predicted octanol–water partition coefficient (Wildman–Crippen LogP) is 11.9. The molecule has 0 unspecified atom stereocenters. The first-order valence-electron chi connectivity index (χ1n) is 16.4. The van der Waals surface area contributed by atoms with E-state index in [2.05, 4.69) is 103 Å². The minimum Gasteiger partial charge on any atom is -0.456 e. The maximum Gasteiger partial charge on any atom is 0.164 e. The number of furan rings is 1. The number of rotatable bonds is 4. The number of nitrogens with zero attached hydrogens (tertiary/aromatic N) is 3. The smallest absolute Gasteiger partial charge is 0.164 e. The minimum absolute atomic E-state index is 0.608. The van der Waals surface area contributed by atoms with E-state index in [0.717, 1.165) is 49.8 Å². The average Bonchev–Trinajstić information content (AvgIpc) is 3.57. The van der Waals surface area contributed by atoms with Crippen LogP contribution in [0.15, 0.2) is 168 Å². The van der Waals surface area contributed by atoms with Gasteiger partial charge in [-0.25, -0.2) is 15.0 Å². The molecule has 0 saturated carbocycles. The van der Waals surface area contributed by atoms with Crippen LogP contribution in [-0.4, -0.2) is 15.0 Å². The molecule has 0 N–H and O–H groups in total. The number of para-hydroxylation sites is 1. The van der Waals surface area contributed by atoms with Crippen molar-refractivity contribution in [1.82, 2.24) is 15.0 Å². The second kappa shape index (κ2) is 11.0. The van der Waals surface area contributed by atoms with Crippen LogP contribution < -0.4 is 0 Å². The molecule has 2 aromatic heterocycles. The van der Waals surface area contributed by atoms with E-state index in [-0.39, 0.29) is 0 Å². The molecule has 0 amide bonds. The third kappa shape index (κ3) is 4.57. The Hall–Kier alpha value is -6.65. The molecule has 0 aliphatic rings. The zero-order chi connectivity index (χ0) is 32.3. The van der Waals surface area contributed by atoms with Crippen molar-refractivity contribution in [2.45, 2.75) is 0 Å². The summed E-state index contributed by atoms with van der Waals surface area (Å²) in [4.78, 5) is 15.2. The highest BCUT2D eigenvalue weighted by molar-refractivity contribution is 6.20. The van der Waals surface area contributed by atoms with Crippen LogP contribution in [0.1, 0.15) is 0 Å². The van der Waals surface area contributed by atoms with Gasteiger partial charge in [0, 0.05) is 27.5 Å². The van der Waals surface area contributed by atoms with E-state index in [4.69, 9.17) is 19.4 Å². The van der Waals surface area contributed by atoms with Gasteiger partial charge in [-0.05, 0) is 67.7 Å². The number of aromatic nitrogens is 3. The van der Waals surface area contributed by atoms with Gasteiger partial charge in [0.1, 0.15) is 11.2 Å². The molecule has 0 radical (unpaired) electrons. The summed E-state index contributed by atoms with van der Waals surface area (Å²) in [6.45, 7) is 0. The molecule has 4 nitrogen and oxygen atoms in total. The molecular weight excluding hydrogens is 599 g/mol. The minimum atomic E-state index is 0.608. The highest BCUT2D eigenvalue weighted by Gasteiger charge is 2.18. The number of hydrogen-bond donors (Lipinski definition) is 0. The fourth-order valence-corrected chi connectivity index (χ4v) is 7.16. The zero-order valence-electron chi connectivity index (χ0n) is 26.3. The Labute approximate surface area is 282 Å². The van der Waals surface area contributed by atoms with Gasteiger partial charge >= 0.3 is 0 Å². The van der Waals surface area contributed by atoms with Gasteiger partial charge in [0.05, 0.1) is 0 Å². The highest BCUT2D eigenvalue weighted by Crippen LogP contribution is 2.38. The predicted molar refractivity (Wildman–Crippen MR) is 201 cm³/mol. The lowest BCUT2D eigenvalue weighted by Crippen LogP contribution is -2.00. The van der Waals surface area contributed by atoms with Gasteiger partial charge in [-0.15, -0.1) is 0 Å². The number of hydrogen-bond acceptors (Lipinski definition) is 4. The fraction of sp³-hybridized carbons (Fsp3) is 0. The van der Waals surface area contributed by atoms with E-state index in [0.29, 0.717) is 17.5 Å². The summed E-state index contributed by atoms with van der Waals surface area (Å²) in [6.07, 6.45) is 0. The lowest BCUT2D eigenvalue weighted by atomic mass is 9.94. The average molecular weight is 626 g/mol. The topological polar surface area (TPSA) is 51.8 Å². The van der Waals surface area contributed by atoms with Crippen LogP contribution in [0.2, 0.25) is 0 Å². The van der Waals surface area contributed by atoms with Crippen molar-refractivity contribution < 1.29 is 4.42 Å². The summed E-state index contributed by atoms with van der Waals surface area (Å²) in [6, 6.07) is 57.0. The Kier molecular flexibility index (Phi) is 6.15. The maximum atomic E-state index is 6.21. The van der Waals surface area contributed by atoms with Gasteiger partial charge in [0.15, 0.2) is 17.5 Å². The first-order valence-corrected chi connectivity index (χ1v) is 16.4. The zero-order valence-corrected chi connectivity index (χ0v) is 26.3. The molecule has 0 spiro atoms. The van der Waals surface area contributed by atoms with Gasteiger partial charge in [-0.1, -0.05) is 140 Å². The molecule has 49 heavy (non-hydrogen) atoms. The molecule has 10 rings (SSSR count). The van der Waals surface area contributed by atoms with Gasteiger partial charge in [0.25, 0.3) is 0 Å². The molecular formula is C45H27N3O. The summed E-state index contributed by atoms with van der Waals surface area (Å²) >= 11 is 0. The molecule has 0 atom stereocenters. The largest absolute Gasteiger partial charge is 0.456 e. The Morgan fingerprint density at radius 1 is 0.327 bits per heavy atom. The lowest BCUT2D eigenvalue weighted by molar-refractivity contribution is 0.669. The van der Waals surface area contributed by atoms with E-state index in [1.54, 1.807) is 0 Å². The Morgan fingerprint density at radius 2 is 0.939 bits per heavy atom. The van der Waals surface area contributed by atoms with Crippen molar-refractivity contribution >= 4 is 54.3 Å². The molecule has 2 heterocycles. The molecule has 8 aromatic carbocycles. The number of benzene rings is 8. The van der Waals surface area contributed by atoms with Crippen LogP contribution >= 0.6 is 0 Å². The second-order valence-corrected chi connectivity index (χ2v) is 12.4. The van der Waals surface area contributed by atoms with Crippen molar-refractivity contribution in [3.63, 3.8) is 0 Å². The van der Waals surface area contributed by atoms with Crippen molar-refractivity contribution in [3.05, 3.63) is 164 Å². The molecule has 0 fully saturated rings. The summed E-state index contributed by atoms with van der Waals surface area (Å²) in [7, 11) is 0. The van der Waals surface area contributed by atoms with Crippen molar-refractivity contribution in [2.75, 3.05) is 0 Å². The maximum absolute atomic E-state index is 6.21. The molecule has 0 saturated heterocycles. The third-order valence-corrected chi connectivity index (χ3v) is 9.49. The standard InChI is InChI=1S/C45H27N3O/c1-2-11-30(12-3-1)43-46-44(48-45(47-43)38-17-9-19-40-42(38)37-16-6-7-18-39(37)49-40)34-14-8-13-31(27-34)32-24-25-36-33(26-32)23-22-29-21-20-28-10-4-5-15-35(28)41(29)36/h1-27H. The van der Waals surface area contributed by atoms with Gasteiger partial charge in [-0.3, -0.25) is 0 Å². The highest BCUT2D eigenvalue weighted by atomic mass is 16.3. The van der Waals surface area contributed by atoms with Gasteiger partial charge < -0.3 is 4.42 Å². The van der Waals surface area contributed by atoms with Crippen molar-refractivity contribution in [3.8, 4) is 45.3 Å². The molecule has 0 aliphatic heterocycles. The summed E-state index contributed by atoms with van der Waals surface area (Å²) in [5.41, 5.74) is 6.65. The molecule has 4 heteroatoms. The second-order valence-electron chi connectivity index (χ2n) is 12.4. The Morgan fingerprint density at radius 3 is 1.84 bits per heavy atom. The van der Waals surface area contributed by atoms with Crippen LogP contribution in [0.5, 0.6) is 0 Å². The first kappa shape index (κ1) is 27.5. The van der Waals surface area contributed by atoms with Crippen LogP contribution in [-0.2, 0) is 0 Å². The van der Waals surface area contributed by atoms with Gasteiger partial charge in [0.2, 0.25) is 0 Å². The van der Waals surface area contributed by atoms with Crippen LogP contribution in [0.4, 0.5) is 0 Å². The monoisotopic (exact) mass is 625 g/mol. The van der Waals surface area contributed by atoms with E-state index >= 15 is 0 Å². The number of fused-ring (bicyclic) bond motifs is 8. The summed E-state index contributed by atoms with van der Waals surface area (Å²) in [5.74, 6) is 1.85. The first-order chi connectivity index (χ1) is 24.3. The Bertz CT molecular complexity index is 2890. The fourth-order valence-electron chi connectivity index (χ4n) is 7.16. The van der Waals surface area contributed by atoms with Crippen LogP contribution in [0.3, 0.4) is 0 Å². The van der Waals surface area contributed by atoms with E-state index in [9.17, 15) is 0 Å². The summed E-state index contributed by atoms with van der Waals surface area (Å²) < 4.78 is 6.21. The van der Waals surface area contributed by atoms with E-state index in [1.807, 2.05) is 60.7 Å². The Balaban J connectivity index is 1.13. The molecule has 0 bridgehead atoms. The van der Waals surface area contributed by atoms with E-state index in [1.165, 1.54) is 32.3 Å². The third-order valence-electron chi connectivity index (χ3n) is 9.49. The molecule has 0 aliphatic carbocycles. The van der Waals surface area contributed by atoms with Crippen molar-refractivity contribution in [1.29, 1.82) is 0 Å². The van der Waals surface area contributed by atoms with Crippen molar-refractivity contribution in [2.24, 2.45) is 0 Å². The van der Waals surface area contributed by atoms with Crippen LogP contribution in [0.25, 0.3) is 99.5 Å². The quantitative estimate of drug-likeness (QED) is 0.183. The lowest BCUT2D eigenvalue weighted by Gasteiger charge is -2.12. The van der Waals surface area contributed by atoms with Gasteiger partial charge in [-0.2, -0.15) is 0 Å². The summed E-state index contributed by atoms with van der Waals surface area (Å²) in [5, 5.41) is 9.57.